The molecule has 2 aromatic rings. The Kier molecular flexibility index (Phi) is 4.38. The van der Waals surface area contributed by atoms with Crippen molar-refractivity contribution < 1.29 is 9.53 Å². The standard InChI is InChI=1S/C18H19ClO2/c1-10-8-11(2)13(4)17(12(10)3)18(20)15-9-14(19)6-7-16(15)21-5/h6-9H,1-5H3. The van der Waals surface area contributed by atoms with Gasteiger partial charge in [-0.05, 0) is 68.1 Å². The number of carbonyl (C=O) groups is 1. The minimum atomic E-state index is -0.0452. The van der Waals surface area contributed by atoms with Gasteiger partial charge < -0.3 is 4.74 Å². The van der Waals surface area contributed by atoms with Crippen LogP contribution in [0.4, 0.5) is 0 Å². The maximum Gasteiger partial charge on any atom is 0.197 e. The number of hydrogen-bond acceptors (Lipinski definition) is 2. The topological polar surface area (TPSA) is 26.3 Å². The van der Waals surface area contributed by atoms with E-state index >= 15 is 0 Å². The van der Waals surface area contributed by atoms with Crippen molar-refractivity contribution in [1.82, 2.24) is 0 Å². The Labute approximate surface area is 130 Å². The van der Waals surface area contributed by atoms with Crippen molar-refractivity contribution in [3.05, 3.63) is 62.7 Å². The van der Waals surface area contributed by atoms with Crippen molar-refractivity contribution in [3.63, 3.8) is 0 Å². The third-order valence-corrected chi connectivity index (χ3v) is 4.23. The molecule has 3 heteroatoms. The summed E-state index contributed by atoms with van der Waals surface area (Å²) in [4.78, 5) is 13.0. The Morgan fingerprint density at radius 3 is 2.10 bits per heavy atom. The third-order valence-electron chi connectivity index (χ3n) is 4.00. The fourth-order valence-electron chi connectivity index (χ4n) is 2.55. The molecule has 0 N–H and O–H groups in total. The number of methoxy groups -OCH3 is 1. The zero-order chi connectivity index (χ0) is 15.7. The average Bonchev–Trinajstić information content (AvgIpc) is 2.45. The molecule has 0 amide bonds. The first kappa shape index (κ1) is 15.6. The first-order valence-electron chi connectivity index (χ1n) is 6.82. The lowest BCUT2D eigenvalue weighted by atomic mass is 9.89. The van der Waals surface area contributed by atoms with E-state index in [4.69, 9.17) is 16.3 Å². The normalized spacial score (nSPS) is 10.6. The molecule has 0 fully saturated rings. The first-order chi connectivity index (χ1) is 9.86. The van der Waals surface area contributed by atoms with E-state index in [0.29, 0.717) is 16.3 Å². The zero-order valence-electron chi connectivity index (χ0n) is 13.0. The minimum Gasteiger partial charge on any atom is -0.496 e. The van der Waals surface area contributed by atoms with Gasteiger partial charge in [-0.2, -0.15) is 0 Å². The highest BCUT2D eigenvalue weighted by Crippen LogP contribution is 2.29. The number of halogens is 1. The number of ketones is 1. The molecule has 0 aliphatic rings. The van der Waals surface area contributed by atoms with E-state index < -0.39 is 0 Å². The van der Waals surface area contributed by atoms with Gasteiger partial charge in [0.1, 0.15) is 5.75 Å². The van der Waals surface area contributed by atoms with Gasteiger partial charge in [0.15, 0.2) is 5.78 Å². The quantitative estimate of drug-likeness (QED) is 0.760. The number of carbonyl (C=O) groups excluding carboxylic acids is 1. The molecule has 2 aromatic carbocycles. The lowest BCUT2D eigenvalue weighted by Crippen LogP contribution is -2.10. The Morgan fingerprint density at radius 2 is 1.57 bits per heavy atom. The van der Waals surface area contributed by atoms with E-state index in [1.165, 1.54) is 0 Å². The number of ether oxygens (including phenoxy) is 1. The van der Waals surface area contributed by atoms with Crippen molar-refractivity contribution in [1.29, 1.82) is 0 Å². The van der Waals surface area contributed by atoms with Crippen molar-refractivity contribution in [2.24, 2.45) is 0 Å². The van der Waals surface area contributed by atoms with Crippen LogP contribution in [0, 0.1) is 27.7 Å². The maximum atomic E-state index is 13.0. The molecule has 0 unspecified atom stereocenters. The van der Waals surface area contributed by atoms with Crippen molar-refractivity contribution in [3.8, 4) is 5.75 Å². The van der Waals surface area contributed by atoms with Crippen LogP contribution in [0.1, 0.15) is 38.2 Å². The number of benzene rings is 2. The Hall–Kier alpha value is -1.80. The predicted octanol–water partition coefficient (Wildman–Crippen LogP) is 4.81. The van der Waals surface area contributed by atoms with Gasteiger partial charge in [-0.3, -0.25) is 4.79 Å². The molecule has 0 radical (unpaired) electrons. The van der Waals surface area contributed by atoms with Gasteiger partial charge in [0.25, 0.3) is 0 Å². The predicted molar refractivity (Wildman–Crippen MR) is 86.8 cm³/mol. The van der Waals surface area contributed by atoms with Crippen LogP contribution in [-0.2, 0) is 0 Å². The summed E-state index contributed by atoms with van der Waals surface area (Å²) in [7, 11) is 1.56. The molecule has 0 atom stereocenters. The van der Waals surface area contributed by atoms with Gasteiger partial charge in [-0.15, -0.1) is 0 Å². The van der Waals surface area contributed by atoms with Gasteiger partial charge >= 0.3 is 0 Å². The number of hydrogen-bond donors (Lipinski definition) is 0. The van der Waals surface area contributed by atoms with Gasteiger partial charge in [-0.1, -0.05) is 17.7 Å². The summed E-state index contributed by atoms with van der Waals surface area (Å²) >= 11 is 6.04. The van der Waals surface area contributed by atoms with Crippen LogP contribution in [0.3, 0.4) is 0 Å². The summed E-state index contributed by atoms with van der Waals surface area (Å²) in [6.45, 7) is 8.00. The Bertz CT molecular complexity index is 691. The molecular formula is C18H19ClO2. The van der Waals surface area contributed by atoms with E-state index in [0.717, 1.165) is 27.8 Å². The van der Waals surface area contributed by atoms with Gasteiger partial charge in [0.05, 0.1) is 12.7 Å². The molecule has 0 saturated carbocycles. The molecule has 0 bridgehead atoms. The molecule has 0 heterocycles. The van der Waals surface area contributed by atoms with Crippen molar-refractivity contribution >= 4 is 17.4 Å². The average molecular weight is 303 g/mol. The van der Waals surface area contributed by atoms with E-state index in [-0.39, 0.29) is 5.78 Å². The fourth-order valence-corrected chi connectivity index (χ4v) is 2.72. The molecule has 2 rings (SSSR count). The largest absolute Gasteiger partial charge is 0.496 e. The second-order valence-electron chi connectivity index (χ2n) is 5.31. The van der Waals surface area contributed by atoms with Crippen LogP contribution in [0.2, 0.25) is 5.02 Å². The Morgan fingerprint density at radius 1 is 1.00 bits per heavy atom. The molecule has 21 heavy (non-hydrogen) atoms. The maximum absolute atomic E-state index is 13.0. The molecule has 0 spiro atoms. The lowest BCUT2D eigenvalue weighted by molar-refractivity contribution is 0.103. The van der Waals surface area contributed by atoms with Gasteiger partial charge in [-0.25, -0.2) is 0 Å². The van der Waals surface area contributed by atoms with E-state index in [1.54, 1.807) is 25.3 Å². The van der Waals surface area contributed by atoms with Crippen LogP contribution in [0.25, 0.3) is 0 Å². The van der Waals surface area contributed by atoms with Crippen LogP contribution in [0.15, 0.2) is 24.3 Å². The second-order valence-corrected chi connectivity index (χ2v) is 5.75. The second kappa shape index (κ2) is 5.90. The fraction of sp³-hybridized carbons (Fsp3) is 0.278. The molecule has 110 valence electrons. The monoisotopic (exact) mass is 302 g/mol. The number of aryl methyl sites for hydroxylation is 2. The van der Waals surface area contributed by atoms with E-state index in [9.17, 15) is 4.79 Å². The summed E-state index contributed by atoms with van der Waals surface area (Å²) in [5, 5.41) is 0.527. The summed E-state index contributed by atoms with van der Waals surface area (Å²) in [6, 6.07) is 7.22. The van der Waals surface area contributed by atoms with Crippen LogP contribution >= 0.6 is 11.6 Å². The van der Waals surface area contributed by atoms with Crippen LogP contribution in [0.5, 0.6) is 5.75 Å². The molecule has 0 aromatic heterocycles. The highest BCUT2D eigenvalue weighted by atomic mass is 35.5. The minimum absolute atomic E-state index is 0.0452. The smallest absolute Gasteiger partial charge is 0.197 e. The van der Waals surface area contributed by atoms with Gasteiger partial charge in [0, 0.05) is 10.6 Å². The molecule has 0 aliphatic carbocycles. The molecular weight excluding hydrogens is 284 g/mol. The molecule has 0 aliphatic heterocycles. The lowest BCUT2D eigenvalue weighted by Gasteiger charge is -2.16. The van der Waals surface area contributed by atoms with Crippen LogP contribution in [-0.4, -0.2) is 12.9 Å². The number of rotatable bonds is 3. The Balaban J connectivity index is 2.69. The van der Waals surface area contributed by atoms with Gasteiger partial charge in [0.2, 0.25) is 0 Å². The zero-order valence-corrected chi connectivity index (χ0v) is 13.8. The summed E-state index contributed by atoms with van der Waals surface area (Å²) < 4.78 is 5.30. The molecule has 2 nitrogen and oxygen atoms in total. The molecule has 0 saturated heterocycles. The van der Waals surface area contributed by atoms with Crippen molar-refractivity contribution in [2.75, 3.05) is 7.11 Å². The first-order valence-corrected chi connectivity index (χ1v) is 7.20. The summed E-state index contributed by atoms with van der Waals surface area (Å²) in [5.74, 6) is 0.499. The van der Waals surface area contributed by atoms with E-state index in [2.05, 4.69) is 6.07 Å². The summed E-state index contributed by atoms with van der Waals surface area (Å²) in [5.41, 5.74) is 5.48. The highest BCUT2D eigenvalue weighted by Gasteiger charge is 2.20. The highest BCUT2D eigenvalue weighted by molar-refractivity contribution is 6.31. The third kappa shape index (κ3) is 2.81. The SMILES string of the molecule is COc1ccc(Cl)cc1C(=O)c1c(C)c(C)cc(C)c1C. The van der Waals surface area contributed by atoms with E-state index in [1.807, 2.05) is 27.7 Å². The van der Waals surface area contributed by atoms with Crippen molar-refractivity contribution in [2.45, 2.75) is 27.7 Å². The van der Waals surface area contributed by atoms with Crippen LogP contribution < -0.4 is 4.74 Å². The summed E-state index contributed by atoms with van der Waals surface area (Å²) in [6.07, 6.45) is 0.